The van der Waals surface area contributed by atoms with Crippen LogP contribution in [0.15, 0.2) is 24.3 Å². The molecule has 0 radical (unpaired) electrons. The second-order valence-electron chi connectivity index (χ2n) is 4.15. The maximum atomic E-state index is 12.3. The van der Waals surface area contributed by atoms with Gasteiger partial charge in [0.05, 0.1) is 0 Å². The highest BCUT2D eigenvalue weighted by Crippen LogP contribution is 2.14. The zero-order valence-electron chi connectivity index (χ0n) is 10.1. The number of halogens is 2. The van der Waals surface area contributed by atoms with Crippen molar-refractivity contribution in [2.75, 3.05) is 11.9 Å². The first-order valence-electron chi connectivity index (χ1n) is 5.68. The van der Waals surface area contributed by atoms with Crippen LogP contribution < -0.4 is 0 Å². The maximum Gasteiger partial charge on any atom is 0.254 e. The number of carbonyl (C=O) groups is 1. The van der Waals surface area contributed by atoms with Gasteiger partial charge in [0, 0.05) is 28.5 Å². The molecule has 0 atom stereocenters. The van der Waals surface area contributed by atoms with Gasteiger partial charge in [-0.3, -0.25) is 4.79 Å². The molecular weight excluding hydrogens is 302 g/mol. The number of hydrogen-bond donors (Lipinski definition) is 0. The van der Waals surface area contributed by atoms with Crippen molar-refractivity contribution in [2.24, 2.45) is 0 Å². The van der Waals surface area contributed by atoms with Crippen molar-refractivity contribution in [3.63, 3.8) is 0 Å². The highest BCUT2D eigenvalue weighted by Gasteiger charge is 2.18. The molecule has 1 aromatic rings. The predicted octanol–water partition coefficient (Wildman–Crippen LogP) is 3.98. The van der Waals surface area contributed by atoms with Gasteiger partial charge in [0.2, 0.25) is 0 Å². The van der Waals surface area contributed by atoms with Gasteiger partial charge < -0.3 is 4.90 Å². The number of alkyl halides is 1. The van der Waals surface area contributed by atoms with Crippen molar-refractivity contribution in [3.05, 3.63) is 34.9 Å². The first kappa shape index (κ1) is 14.5. The number of hydrogen-bond acceptors (Lipinski definition) is 1. The van der Waals surface area contributed by atoms with E-state index in [2.05, 4.69) is 15.9 Å². The Morgan fingerprint density at radius 1 is 1.47 bits per heavy atom. The second-order valence-corrected chi connectivity index (χ2v) is 5.37. The number of rotatable bonds is 5. The summed E-state index contributed by atoms with van der Waals surface area (Å²) >= 11 is 9.28. The monoisotopic (exact) mass is 317 g/mol. The Balaban J connectivity index is 2.84. The fourth-order valence-electron chi connectivity index (χ4n) is 1.61. The Morgan fingerprint density at radius 3 is 2.71 bits per heavy atom. The van der Waals surface area contributed by atoms with E-state index in [1.165, 1.54) is 0 Å². The summed E-state index contributed by atoms with van der Waals surface area (Å²) in [5, 5.41) is 1.50. The fraction of sp³-hybridized carbons (Fsp3) is 0.462. The van der Waals surface area contributed by atoms with Gasteiger partial charge >= 0.3 is 0 Å². The first-order chi connectivity index (χ1) is 8.06. The third kappa shape index (κ3) is 4.32. The molecule has 0 unspecified atom stereocenters. The minimum absolute atomic E-state index is 0.0449. The van der Waals surface area contributed by atoms with E-state index in [1.807, 2.05) is 18.7 Å². The summed E-state index contributed by atoms with van der Waals surface area (Å²) in [7, 11) is 0. The molecular formula is C13H17BrClNO. The summed E-state index contributed by atoms with van der Waals surface area (Å²) in [6.45, 7) is 4.81. The standard InChI is InChI=1S/C13H17BrClNO/c1-10(2)16(8-4-7-14)13(17)11-5-3-6-12(15)9-11/h3,5-6,9-10H,4,7-8H2,1-2H3. The first-order valence-corrected chi connectivity index (χ1v) is 7.18. The van der Waals surface area contributed by atoms with E-state index in [1.54, 1.807) is 24.3 Å². The van der Waals surface area contributed by atoms with Crippen LogP contribution in [0, 0.1) is 0 Å². The zero-order chi connectivity index (χ0) is 12.8. The third-order valence-corrected chi connectivity index (χ3v) is 3.28. The third-order valence-electron chi connectivity index (χ3n) is 2.49. The van der Waals surface area contributed by atoms with E-state index in [4.69, 9.17) is 11.6 Å². The molecule has 0 aliphatic heterocycles. The molecule has 4 heteroatoms. The Hall–Kier alpha value is -0.540. The Kier molecular flexibility index (Phi) is 6.00. The topological polar surface area (TPSA) is 20.3 Å². The van der Waals surface area contributed by atoms with E-state index in [9.17, 15) is 4.79 Å². The molecule has 0 aliphatic rings. The summed E-state index contributed by atoms with van der Waals surface area (Å²) < 4.78 is 0. The van der Waals surface area contributed by atoms with Crippen LogP contribution in [0.5, 0.6) is 0 Å². The van der Waals surface area contributed by atoms with Crippen molar-refractivity contribution in [3.8, 4) is 0 Å². The fourth-order valence-corrected chi connectivity index (χ4v) is 2.05. The van der Waals surface area contributed by atoms with Crippen molar-refractivity contribution in [1.82, 2.24) is 4.90 Å². The summed E-state index contributed by atoms with van der Waals surface area (Å²) in [5.41, 5.74) is 0.653. The van der Waals surface area contributed by atoms with Gasteiger partial charge in [-0.25, -0.2) is 0 Å². The number of benzene rings is 1. The molecule has 1 aromatic carbocycles. The van der Waals surface area contributed by atoms with Crippen molar-refractivity contribution < 1.29 is 4.79 Å². The quantitative estimate of drug-likeness (QED) is 0.752. The van der Waals surface area contributed by atoms with Gasteiger partial charge in [-0.15, -0.1) is 0 Å². The Labute approximate surface area is 116 Å². The van der Waals surface area contributed by atoms with Crippen LogP contribution in [0.3, 0.4) is 0 Å². The van der Waals surface area contributed by atoms with Gasteiger partial charge in [-0.1, -0.05) is 33.6 Å². The van der Waals surface area contributed by atoms with Gasteiger partial charge in [0.1, 0.15) is 0 Å². The molecule has 17 heavy (non-hydrogen) atoms. The van der Waals surface area contributed by atoms with Crippen LogP contribution in [-0.4, -0.2) is 28.7 Å². The van der Waals surface area contributed by atoms with Gasteiger partial charge in [-0.2, -0.15) is 0 Å². The summed E-state index contributed by atoms with van der Waals surface area (Å²) in [6, 6.07) is 7.29. The molecule has 0 fully saturated rings. The summed E-state index contributed by atoms with van der Waals surface area (Å²) in [4.78, 5) is 14.2. The normalized spacial score (nSPS) is 10.6. The van der Waals surface area contributed by atoms with Crippen LogP contribution in [0.2, 0.25) is 5.02 Å². The van der Waals surface area contributed by atoms with Crippen LogP contribution in [0.25, 0.3) is 0 Å². The average molecular weight is 319 g/mol. The Bertz CT molecular complexity index is 381. The number of nitrogens with zero attached hydrogens (tertiary/aromatic N) is 1. The zero-order valence-corrected chi connectivity index (χ0v) is 12.5. The lowest BCUT2D eigenvalue weighted by atomic mass is 10.1. The molecule has 1 amide bonds. The largest absolute Gasteiger partial charge is 0.336 e. The van der Waals surface area contributed by atoms with E-state index in [0.29, 0.717) is 10.6 Å². The average Bonchev–Trinajstić information content (AvgIpc) is 2.29. The van der Waals surface area contributed by atoms with Crippen molar-refractivity contribution >= 4 is 33.4 Å². The molecule has 0 heterocycles. The van der Waals surface area contributed by atoms with Crippen molar-refractivity contribution in [1.29, 1.82) is 0 Å². The minimum atomic E-state index is 0.0449. The highest BCUT2D eigenvalue weighted by molar-refractivity contribution is 9.09. The lowest BCUT2D eigenvalue weighted by molar-refractivity contribution is 0.0706. The van der Waals surface area contributed by atoms with Gasteiger partial charge in [0.25, 0.3) is 5.91 Å². The van der Waals surface area contributed by atoms with E-state index < -0.39 is 0 Å². The predicted molar refractivity (Wildman–Crippen MR) is 76.0 cm³/mol. The van der Waals surface area contributed by atoms with Crippen molar-refractivity contribution in [2.45, 2.75) is 26.3 Å². The molecule has 0 bridgehead atoms. The summed E-state index contributed by atoms with van der Waals surface area (Å²) in [6.07, 6.45) is 0.949. The van der Waals surface area contributed by atoms with Crippen LogP contribution >= 0.6 is 27.5 Å². The maximum absolute atomic E-state index is 12.3. The SMILES string of the molecule is CC(C)N(CCCBr)C(=O)c1cccc(Cl)c1. The van der Waals surface area contributed by atoms with E-state index in [0.717, 1.165) is 18.3 Å². The smallest absolute Gasteiger partial charge is 0.254 e. The molecule has 0 N–H and O–H groups in total. The molecule has 0 saturated heterocycles. The molecule has 94 valence electrons. The Morgan fingerprint density at radius 2 is 2.18 bits per heavy atom. The summed E-state index contributed by atoms with van der Waals surface area (Å²) in [5.74, 6) is 0.0449. The number of carbonyl (C=O) groups excluding carboxylic acids is 1. The lowest BCUT2D eigenvalue weighted by Crippen LogP contribution is -2.37. The minimum Gasteiger partial charge on any atom is -0.336 e. The van der Waals surface area contributed by atoms with E-state index >= 15 is 0 Å². The van der Waals surface area contributed by atoms with E-state index in [-0.39, 0.29) is 11.9 Å². The molecule has 1 rings (SSSR count). The molecule has 0 saturated carbocycles. The molecule has 0 aromatic heterocycles. The van der Waals surface area contributed by atoms with Gasteiger partial charge in [0.15, 0.2) is 0 Å². The molecule has 2 nitrogen and oxygen atoms in total. The lowest BCUT2D eigenvalue weighted by Gasteiger charge is -2.26. The van der Waals surface area contributed by atoms with Gasteiger partial charge in [-0.05, 0) is 38.5 Å². The van der Waals surface area contributed by atoms with Crippen LogP contribution in [-0.2, 0) is 0 Å². The molecule has 0 aliphatic carbocycles. The van der Waals surface area contributed by atoms with Crippen LogP contribution in [0.4, 0.5) is 0 Å². The highest BCUT2D eigenvalue weighted by atomic mass is 79.9. The molecule has 0 spiro atoms. The number of amides is 1. The second kappa shape index (κ2) is 7.02. The van der Waals surface area contributed by atoms with Crippen LogP contribution in [0.1, 0.15) is 30.6 Å².